The van der Waals surface area contributed by atoms with Gasteiger partial charge >= 0.3 is 0 Å². The van der Waals surface area contributed by atoms with Gasteiger partial charge in [0.2, 0.25) is 0 Å². The van der Waals surface area contributed by atoms with Crippen LogP contribution in [0.2, 0.25) is 0 Å². The Balaban J connectivity index is 2.55. The Labute approximate surface area is 60.3 Å². The predicted octanol–water partition coefficient (Wildman–Crippen LogP) is 1.73. The zero-order chi connectivity index (χ0) is 7.23. The number of aliphatic imine (C=N–C) groups is 1. The van der Waals surface area contributed by atoms with Gasteiger partial charge in [-0.25, -0.2) is 0 Å². The first kappa shape index (κ1) is 6.81. The molecule has 0 bridgehead atoms. The van der Waals surface area contributed by atoms with Crippen molar-refractivity contribution in [2.24, 2.45) is 4.99 Å². The topological polar surface area (TPSA) is 28.1 Å². The molecule has 0 aliphatic heterocycles. The fourth-order valence-electron chi connectivity index (χ4n) is 0.681. The van der Waals surface area contributed by atoms with Crippen LogP contribution in [-0.4, -0.2) is 18.2 Å². The lowest BCUT2D eigenvalue weighted by Gasteiger charge is -1.79. The van der Waals surface area contributed by atoms with Crippen molar-refractivity contribution < 1.29 is 0 Å². The number of allylic oxidation sites excluding steroid dienone is 1. The van der Waals surface area contributed by atoms with Crippen molar-refractivity contribution in [2.45, 2.75) is 0 Å². The quantitative estimate of drug-likeness (QED) is 0.597. The van der Waals surface area contributed by atoms with Crippen LogP contribution in [-0.2, 0) is 0 Å². The van der Waals surface area contributed by atoms with Crippen molar-refractivity contribution in [2.75, 3.05) is 7.05 Å². The molecular weight excluding hydrogens is 124 g/mol. The van der Waals surface area contributed by atoms with E-state index in [-0.39, 0.29) is 0 Å². The molecule has 1 aromatic heterocycles. The van der Waals surface area contributed by atoms with E-state index in [2.05, 4.69) is 9.98 Å². The van der Waals surface area contributed by atoms with Crippen molar-refractivity contribution in [1.82, 2.24) is 4.98 Å². The van der Waals surface area contributed by atoms with Crippen LogP contribution in [0, 0.1) is 0 Å². The Hall–Kier alpha value is -1.31. The Kier molecular flexibility index (Phi) is 2.49. The van der Waals surface area contributed by atoms with Crippen molar-refractivity contribution >= 4 is 12.3 Å². The third-order valence-electron chi connectivity index (χ3n) is 1.13. The summed E-state index contributed by atoms with van der Waals surface area (Å²) in [5, 5.41) is 0. The number of rotatable bonds is 2. The maximum absolute atomic E-state index is 3.81. The number of hydrogen-bond acceptors (Lipinski definition) is 1. The van der Waals surface area contributed by atoms with E-state index in [1.54, 1.807) is 13.3 Å². The molecule has 1 rings (SSSR count). The molecule has 0 radical (unpaired) electrons. The first-order valence-electron chi connectivity index (χ1n) is 3.15. The molecule has 1 aromatic rings. The molecule has 52 valence electrons. The lowest BCUT2D eigenvalue weighted by molar-refractivity contribution is 1.38. The van der Waals surface area contributed by atoms with Crippen molar-refractivity contribution in [3.05, 3.63) is 30.1 Å². The van der Waals surface area contributed by atoms with E-state index in [0.29, 0.717) is 0 Å². The Bertz CT molecular complexity index is 219. The molecule has 1 N–H and O–H groups in total. The van der Waals surface area contributed by atoms with E-state index in [1.807, 2.05) is 30.5 Å². The van der Waals surface area contributed by atoms with Crippen LogP contribution < -0.4 is 0 Å². The van der Waals surface area contributed by atoms with Gasteiger partial charge in [-0.3, -0.25) is 4.99 Å². The van der Waals surface area contributed by atoms with Crippen LogP contribution in [0.1, 0.15) is 5.69 Å². The first-order chi connectivity index (χ1) is 4.93. The standard InChI is InChI=1S/C8H10N2/c1-9-6-2-4-8-5-3-7-10-8/h2-7,10H,1H3/b4-2-,9-6?. The predicted molar refractivity (Wildman–Crippen MR) is 44.2 cm³/mol. The maximum Gasteiger partial charge on any atom is 0.0380 e. The van der Waals surface area contributed by atoms with Crippen molar-refractivity contribution in [3.63, 3.8) is 0 Å². The fraction of sp³-hybridized carbons (Fsp3) is 0.125. The summed E-state index contributed by atoms with van der Waals surface area (Å²) in [7, 11) is 1.75. The first-order valence-corrected chi connectivity index (χ1v) is 3.15. The van der Waals surface area contributed by atoms with Crippen molar-refractivity contribution in [1.29, 1.82) is 0 Å². The summed E-state index contributed by atoms with van der Waals surface area (Å²) in [4.78, 5) is 6.86. The van der Waals surface area contributed by atoms with Gasteiger partial charge in [0.05, 0.1) is 0 Å². The van der Waals surface area contributed by atoms with Gasteiger partial charge in [-0.05, 0) is 24.3 Å². The lowest BCUT2D eigenvalue weighted by atomic mass is 10.4. The molecule has 2 nitrogen and oxygen atoms in total. The van der Waals surface area contributed by atoms with Crippen molar-refractivity contribution in [3.8, 4) is 0 Å². The molecule has 0 spiro atoms. The van der Waals surface area contributed by atoms with Crippen LogP contribution in [0.5, 0.6) is 0 Å². The molecular formula is C8H10N2. The molecule has 10 heavy (non-hydrogen) atoms. The van der Waals surface area contributed by atoms with Gasteiger partial charge in [-0.15, -0.1) is 0 Å². The number of nitrogens with one attached hydrogen (secondary N) is 1. The zero-order valence-electron chi connectivity index (χ0n) is 5.91. The largest absolute Gasteiger partial charge is 0.362 e. The lowest BCUT2D eigenvalue weighted by Crippen LogP contribution is -1.67. The van der Waals surface area contributed by atoms with E-state index in [0.717, 1.165) is 5.69 Å². The second kappa shape index (κ2) is 3.67. The summed E-state index contributed by atoms with van der Waals surface area (Å²) in [5.74, 6) is 0. The molecule has 1 heterocycles. The molecule has 0 aliphatic rings. The highest BCUT2D eigenvalue weighted by Crippen LogP contribution is 1.95. The molecule has 0 amide bonds. The second-order valence-electron chi connectivity index (χ2n) is 1.89. The zero-order valence-corrected chi connectivity index (χ0v) is 5.91. The maximum atomic E-state index is 3.81. The highest BCUT2D eigenvalue weighted by atomic mass is 14.7. The summed E-state index contributed by atoms with van der Waals surface area (Å²) in [5.41, 5.74) is 1.10. The third-order valence-corrected chi connectivity index (χ3v) is 1.13. The average Bonchev–Trinajstić information content (AvgIpc) is 2.41. The Morgan fingerprint density at radius 1 is 1.60 bits per heavy atom. The molecule has 0 unspecified atom stereocenters. The van der Waals surface area contributed by atoms with E-state index in [1.165, 1.54) is 0 Å². The van der Waals surface area contributed by atoms with Gasteiger partial charge in [0.25, 0.3) is 0 Å². The van der Waals surface area contributed by atoms with E-state index < -0.39 is 0 Å². The molecule has 2 heteroatoms. The average molecular weight is 134 g/mol. The minimum Gasteiger partial charge on any atom is -0.362 e. The molecule has 0 saturated carbocycles. The SMILES string of the molecule is CN=C/C=C\c1ccc[nH]1. The number of aromatic amines is 1. The minimum absolute atomic E-state index is 1.10. The van der Waals surface area contributed by atoms with Crippen LogP contribution in [0.15, 0.2) is 29.4 Å². The highest BCUT2D eigenvalue weighted by molar-refractivity contribution is 5.77. The third kappa shape index (κ3) is 1.90. The molecule has 0 saturated heterocycles. The highest BCUT2D eigenvalue weighted by Gasteiger charge is 1.79. The summed E-state index contributed by atoms with van der Waals surface area (Å²) in [6, 6.07) is 3.96. The summed E-state index contributed by atoms with van der Waals surface area (Å²) >= 11 is 0. The number of nitrogens with zero attached hydrogens (tertiary/aromatic N) is 1. The minimum atomic E-state index is 1.10. The van der Waals surface area contributed by atoms with Crippen LogP contribution in [0.25, 0.3) is 6.08 Å². The van der Waals surface area contributed by atoms with Gasteiger partial charge < -0.3 is 4.98 Å². The fourth-order valence-corrected chi connectivity index (χ4v) is 0.681. The Morgan fingerprint density at radius 2 is 2.50 bits per heavy atom. The number of hydrogen-bond donors (Lipinski definition) is 1. The van der Waals surface area contributed by atoms with E-state index in [9.17, 15) is 0 Å². The van der Waals surface area contributed by atoms with Crippen LogP contribution in [0.3, 0.4) is 0 Å². The number of H-pyrrole nitrogens is 1. The second-order valence-corrected chi connectivity index (χ2v) is 1.89. The van der Waals surface area contributed by atoms with Gasteiger partial charge in [0, 0.05) is 25.2 Å². The monoisotopic (exact) mass is 134 g/mol. The summed E-state index contributed by atoms with van der Waals surface area (Å²) in [6.07, 6.45) is 7.50. The normalized spacial score (nSPS) is 11.7. The molecule has 0 atom stereocenters. The van der Waals surface area contributed by atoms with E-state index >= 15 is 0 Å². The van der Waals surface area contributed by atoms with Gasteiger partial charge in [0.15, 0.2) is 0 Å². The molecule has 0 aliphatic carbocycles. The van der Waals surface area contributed by atoms with Gasteiger partial charge in [-0.2, -0.15) is 0 Å². The van der Waals surface area contributed by atoms with Crippen LogP contribution >= 0.6 is 0 Å². The van der Waals surface area contributed by atoms with Crippen LogP contribution in [0.4, 0.5) is 0 Å². The molecule has 0 fully saturated rings. The van der Waals surface area contributed by atoms with E-state index in [4.69, 9.17) is 0 Å². The Morgan fingerprint density at radius 3 is 3.10 bits per heavy atom. The smallest absolute Gasteiger partial charge is 0.0380 e. The van der Waals surface area contributed by atoms with Gasteiger partial charge in [0.1, 0.15) is 0 Å². The molecule has 0 aromatic carbocycles. The summed E-state index contributed by atoms with van der Waals surface area (Å²) in [6.45, 7) is 0. The number of aromatic nitrogens is 1. The van der Waals surface area contributed by atoms with Gasteiger partial charge in [-0.1, -0.05) is 0 Å². The summed E-state index contributed by atoms with van der Waals surface area (Å²) < 4.78 is 0.